The molecule has 0 aliphatic heterocycles. The van der Waals surface area contributed by atoms with Crippen molar-refractivity contribution in [1.82, 2.24) is 10.3 Å². The molecule has 0 radical (unpaired) electrons. The van der Waals surface area contributed by atoms with Gasteiger partial charge in [0.05, 0.1) is 6.20 Å². The second-order valence-corrected chi connectivity index (χ2v) is 9.46. The summed E-state index contributed by atoms with van der Waals surface area (Å²) in [6.45, 7) is 0. The normalized spacial score (nSPS) is 30.0. The molecule has 4 nitrogen and oxygen atoms in total. The Bertz CT molecular complexity index is 1070. The molecule has 2 N–H and O–H groups in total. The van der Waals surface area contributed by atoms with Gasteiger partial charge in [-0.25, -0.2) is 9.37 Å². The number of aromatic amines is 1. The summed E-state index contributed by atoms with van der Waals surface area (Å²) in [5.74, 6) is 2.58. The van der Waals surface area contributed by atoms with Crippen LogP contribution in [-0.2, 0) is 0 Å². The van der Waals surface area contributed by atoms with Crippen LogP contribution in [0, 0.1) is 23.6 Å². The molecule has 5 heteroatoms. The molecule has 4 bridgehead atoms. The summed E-state index contributed by atoms with van der Waals surface area (Å²) in [6, 6.07) is 12.3. The molecule has 4 aliphatic carbocycles. The molecule has 4 aliphatic rings. The van der Waals surface area contributed by atoms with Gasteiger partial charge in [0.25, 0.3) is 0 Å². The van der Waals surface area contributed by atoms with E-state index in [1.807, 2.05) is 28.8 Å². The van der Waals surface area contributed by atoms with E-state index in [1.54, 1.807) is 12.1 Å². The highest BCUT2D eigenvalue weighted by molar-refractivity contribution is 5.92. The molecule has 4 fully saturated rings. The van der Waals surface area contributed by atoms with Gasteiger partial charge in [-0.05, 0) is 92.7 Å². The minimum absolute atomic E-state index is 0.0331. The molecule has 3 aromatic rings. The van der Waals surface area contributed by atoms with Crippen molar-refractivity contribution >= 4 is 11.4 Å². The fourth-order valence-corrected chi connectivity index (χ4v) is 6.65. The predicted molar refractivity (Wildman–Crippen MR) is 108 cm³/mol. The first-order valence-corrected chi connectivity index (χ1v) is 10.7. The number of rotatable bonds is 3. The van der Waals surface area contributed by atoms with E-state index in [0.717, 1.165) is 53.8 Å². The average Bonchev–Trinajstić information content (AvgIpc) is 3.07. The van der Waals surface area contributed by atoms with E-state index in [-0.39, 0.29) is 17.3 Å². The van der Waals surface area contributed by atoms with Crippen molar-refractivity contribution in [2.75, 3.05) is 0 Å². The summed E-state index contributed by atoms with van der Waals surface area (Å²) in [4.78, 5) is 16.8. The minimum Gasteiger partial charge on any atom is -0.340 e. The Labute approximate surface area is 169 Å². The quantitative estimate of drug-likeness (QED) is 0.645. The van der Waals surface area contributed by atoms with Gasteiger partial charge in [0, 0.05) is 11.1 Å². The van der Waals surface area contributed by atoms with Gasteiger partial charge in [0.2, 0.25) is 0 Å². The third-order valence-electron chi connectivity index (χ3n) is 7.37. The number of pyridine rings is 1. The molecule has 0 unspecified atom stereocenters. The zero-order valence-corrected chi connectivity index (χ0v) is 16.3. The lowest BCUT2D eigenvalue weighted by Crippen LogP contribution is -2.60. The Morgan fingerprint density at radius 3 is 2.31 bits per heavy atom. The van der Waals surface area contributed by atoms with Crippen LogP contribution in [0.15, 0.2) is 48.7 Å². The summed E-state index contributed by atoms with van der Waals surface area (Å²) in [6.07, 6.45) is 9.34. The van der Waals surface area contributed by atoms with Crippen LogP contribution < -0.4 is 9.72 Å². The zero-order chi connectivity index (χ0) is 19.6. The topological polar surface area (TPSA) is 49.0 Å². The van der Waals surface area contributed by atoms with Crippen LogP contribution in [0.1, 0.15) is 49.1 Å². The smallest absolute Gasteiger partial charge is 0.340 e. The highest BCUT2D eigenvalue weighted by Crippen LogP contribution is 2.55. The van der Waals surface area contributed by atoms with E-state index >= 15 is 0 Å². The fourth-order valence-electron chi connectivity index (χ4n) is 6.65. The zero-order valence-electron chi connectivity index (χ0n) is 16.3. The molecule has 0 spiro atoms. The summed E-state index contributed by atoms with van der Waals surface area (Å²) >= 11 is 0. The highest BCUT2D eigenvalue weighted by Gasteiger charge is 2.52. The van der Waals surface area contributed by atoms with E-state index in [1.165, 1.54) is 31.4 Å². The van der Waals surface area contributed by atoms with Gasteiger partial charge in [-0.15, -0.1) is 0 Å². The summed E-state index contributed by atoms with van der Waals surface area (Å²) in [7, 11) is 0. The molecule has 2 heterocycles. The van der Waals surface area contributed by atoms with E-state index < -0.39 is 0 Å². The number of hydrogen-bond donors (Lipinski definition) is 2. The van der Waals surface area contributed by atoms with Crippen LogP contribution in [0.4, 0.5) is 4.39 Å². The third-order valence-corrected chi connectivity index (χ3v) is 7.37. The maximum absolute atomic E-state index is 13.4. The van der Waals surface area contributed by atoms with Gasteiger partial charge in [-0.2, -0.15) is 4.40 Å². The number of H-pyrrole nitrogens is 1. The lowest BCUT2D eigenvalue weighted by molar-refractivity contribution is -0.514. The van der Waals surface area contributed by atoms with Crippen molar-refractivity contribution in [3.8, 4) is 11.3 Å². The van der Waals surface area contributed by atoms with E-state index in [9.17, 15) is 9.18 Å². The van der Waals surface area contributed by atoms with Crippen LogP contribution in [0.5, 0.6) is 0 Å². The number of amides is 1. The fraction of sp³-hybridized carbons (Fsp3) is 0.417. The number of carbonyl (C=O) groups excluding carboxylic acids is 1. The summed E-state index contributed by atoms with van der Waals surface area (Å²) in [5, 5.41) is 3.46. The second kappa shape index (κ2) is 6.15. The van der Waals surface area contributed by atoms with Gasteiger partial charge in [0.1, 0.15) is 5.82 Å². The number of hydrogen-bond acceptors (Lipinski definition) is 1. The first kappa shape index (κ1) is 17.2. The molecular formula is C24H25FN3O+. The SMILES string of the molecule is O=C(NC12CC3CC(CC(C3)C1)C2)c1[nH]c(-c2ccc(F)cc2)c2cccc[n+]12. The van der Waals surface area contributed by atoms with Crippen molar-refractivity contribution in [3.05, 3.63) is 60.3 Å². The Morgan fingerprint density at radius 1 is 1.00 bits per heavy atom. The van der Waals surface area contributed by atoms with Gasteiger partial charge in [-0.1, -0.05) is 6.07 Å². The molecule has 0 atom stereocenters. The maximum atomic E-state index is 13.4. The molecule has 7 rings (SSSR count). The second-order valence-electron chi connectivity index (χ2n) is 9.46. The van der Waals surface area contributed by atoms with Crippen LogP contribution in [-0.4, -0.2) is 16.4 Å². The van der Waals surface area contributed by atoms with Crippen LogP contribution in [0.2, 0.25) is 0 Å². The molecule has 2 aromatic heterocycles. The van der Waals surface area contributed by atoms with Crippen molar-refractivity contribution in [3.63, 3.8) is 0 Å². The lowest BCUT2D eigenvalue weighted by Gasteiger charge is -2.56. The molecule has 1 aromatic carbocycles. The van der Waals surface area contributed by atoms with Crippen LogP contribution in [0.25, 0.3) is 16.8 Å². The number of nitrogens with zero attached hydrogens (tertiary/aromatic N) is 1. The van der Waals surface area contributed by atoms with E-state index in [0.29, 0.717) is 5.82 Å². The van der Waals surface area contributed by atoms with Crippen molar-refractivity contribution in [2.24, 2.45) is 17.8 Å². The van der Waals surface area contributed by atoms with Gasteiger partial charge in [-0.3, -0.25) is 4.79 Å². The first-order chi connectivity index (χ1) is 14.1. The molecule has 1 amide bonds. The molecular weight excluding hydrogens is 365 g/mol. The largest absolute Gasteiger partial charge is 0.351 e. The Kier molecular flexibility index (Phi) is 3.65. The summed E-state index contributed by atoms with van der Waals surface area (Å²) < 4.78 is 15.3. The van der Waals surface area contributed by atoms with E-state index in [2.05, 4.69) is 10.3 Å². The number of aromatic nitrogens is 2. The van der Waals surface area contributed by atoms with Gasteiger partial charge >= 0.3 is 11.7 Å². The van der Waals surface area contributed by atoms with Crippen molar-refractivity contribution in [1.29, 1.82) is 0 Å². The molecule has 0 saturated heterocycles. The van der Waals surface area contributed by atoms with Crippen LogP contribution >= 0.6 is 0 Å². The number of benzene rings is 1. The summed E-state index contributed by atoms with van der Waals surface area (Å²) in [5.41, 5.74) is 2.58. The number of carbonyl (C=O) groups is 1. The Morgan fingerprint density at radius 2 is 1.66 bits per heavy atom. The van der Waals surface area contributed by atoms with Crippen molar-refractivity contribution < 1.29 is 13.6 Å². The molecule has 148 valence electrons. The highest BCUT2D eigenvalue weighted by atomic mass is 19.1. The standard InChI is InChI=1S/C24H24FN3O/c25-19-6-4-18(5-7-19)21-20-3-1-2-8-28(20)22(26-21)23(29)27-24-12-15-9-16(13-24)11-17(10-15)14-24/h1-8,15-17H,9-14H2,(H,27,29)/p+1. The lowest BCUT2D eigenvalue weighted by atomic mass is 9.53. The number of imidazole rings is 1. The Balaban J connectivity index is 1.37. The number of fused-ring (bicyclic) bond motifs is 1. The van der Waals surface area contributed by atoms with Gasteiger partial charge in [0.15, 0.2) is 11.2 Å². The predicted octanol–water partition coefficient (Wildman–Crippen LogP) is 4.26. The number of halogens is 1. The maximum Gasteiger partial charge on any atom is 0.351 e. The van der Waals surface area contributed by atoms with Crippen molar-refractivity contribution in [2.45, 2.75) is 44.1 Å². The van der Waals surface area contributed by atoms with Crippen LogP contribution in [0.3, 0.4) is 0 Å². The van der Waals surface area contributed by atoms with Gasteiger partial charge < -0.3 is 5.32 Å². The first-order valence-electron chi connectivity index (χ1n) is 10.7. The third kappa shape index (κ3) is 2.78. The average molecular weight is 390 g/mol. The monoisotopic (exact) mass is 390 g/mol. The molecule has 29 heavy (non-hydrogen) atoms. The van der Waals surface area contributed by atoms with E-state index in [4.69, 9.17) is 0 Å². The molecule has 4 saturated carbocycles. The minimum atomic E-state index is -0.267. The number of nitrogens with one attached hydrogen (secondary N) is 2. The Hall–Kier alpha value is -2.69.